The summed E-state index contributed by atoms with van der Waals surface area (Å²) < 4.78 is 31.1. The third-order valence-electron chi connectivity index (χ3n) is 9.58. The Hall–Kier alpha value is -1.18. The van der Waals surface area contributed by atoms with E-state index in [1.54, 1.807) is 6.07 Å². The third kappa shape index (κ3) is 6.33. The smallest absolute Gasteiger partial charge is 0.133 e. The normalized spacial score (nSPS) is 29.2. The molecule has 5 unspecified atom stereocenters. The van der Waals surface area contributed by atoms with Gasteiger partial charge in [0.1, 0.15) is 11.6 Å². The van der Waals surface area contributed by atoms with Crippen LogP contribution >= 0.6 is 0 Å². The summed E-state index contributed by atoms with van der Waals surface area (Å²) in [6.07, 6.45) is 24.5. The maximum Gasteiger partial charge on any atom is 0.133 e. The highest BCUT2D eigenvalue weighted by Gasteiger charge is 2.38. The SMILES string of the molecule is C/C=C/CCC1CCC2CC(c3c(F)cc4c(c3F)CCC(CCCCCCC)C4)CCC2C1. The average molecular weight is 471 g/mol. The molecule has 2 saturated carbocycles. The van der Waals surface area contributed by atoms with Gasteiger partial charge in [0.25, 0.3) is 0 Å². The van der Waals surface area contributed by atoms with Crippen molar-refractivity contribution in [2.24, 2.45) is 23.7 Å². The molecule has 1 aromatic rings. The zero-order valence-corrected chi connectivity index (χ0v) is 21.9. The molecule has 0 heterocycles. The summed E-state index contributed by atoms with van der Waals surface area (Å²) in [6, 6.07) is 1.74. The van der Waals surface area contributed by atoms with Crippen molar-refractivity contribution in [3.8, 4) is 0 Å². The Morgan fingerprint density at radius 1 is 0.882 bits per heavy atom. The summed E-state index contributed by atoms with van der Waals surface area (Å²) in [7, 11) is 0. The van der Waals surface area contributed by atoms with E-state index in [0.717, 1.165) is 61.5 Å². The van der Waals surface area contributed by atoms with Crippen LogP contribution in [-0.2, 0) is 12.8 Å². The summed E-state index contributed by atoms with van der Waals surface area (Å²) in [5, 5.41) is 0. The van der Waals surface area contributed by atoms with Crippen molar-refractivity contribution in [1.82, 2.24) is 0 Å². The van der Waals surface area contributed by atoms with Crippen LogP contribution in [0.2, 0.25) is 0 Å². The molecule has 3 aliphatic carbocycles. The molecule has 0 N–H and O–H groups in total. The lowest BCUT2D eigenvalue weighted by Gasteiger charge is -2.42. The minimum atomic E-state index is -0.247. The molecule has 34 heavy (non-hydrogen) atoms. The predicted octanol–water partition coefficient (Wildman–Crippen LogP) is 10.1. The largest absolute Gasteiger partial charge is 0.207 e. The lowest BCUT2D eigenvalue weighted by atomic mass is 9.63. The zero-order valence-electron chi connectivity index (χ0n) is 21.9. The fraction of sp³-hybridized carbons (Fsp3) is 0.750. The number of unbranched alkanes of at least 4 members (excludes halogenated alkanes) is 4. The van der Waals surface area contributed by atoms with Crippen LogP contribution in [0.4, 0.5) is 8.78 Å². The number of allylic oxidation sites excluding steroid dienone is 2. The van der Waals surface area contributed by atoms with Gasteiger partial charge in [0.2, 0.25) is 0 Å². The Labute approximate surface area is 208 Å². The van der Waals surface area contributed by atoms with Crippen LogP contribution in [0.3, 0.4) is 0 Å². The van der Waals surface area contributed by atoms with Crippen molar-refractivity contribution in [2.45, 2.75) is 129 Å². The summed E-state index contributed by atoms with van der Waals surface area (Å²) in [5.41, 5.74) is 2.28. The molecule has 1 aromatic carbocycles. The second-order valence-electron chi connectivity index (χ2n) is 11.9. The molecule has 190 valence electrons. The van der Waals surface area contributed by atoms with Crippen LogP contribution in [0.25, 0.3) is 0 Å². The minimum absolute atomic E-state index is 0.0856. The van der Waals surface area contributed by atoms with E-state index in [-0.39, 0.29) is 17.6 Å². The molecule has 5 atom stereocenters. The van der Waals surface area contributed by atoms with E-state index in [0.29, 0.717) is 17.4 Å². The number of fused-ring (bicyclic) bond motifs is 2. The second-order valence-corrected chi connectivity index (χ2v) is 11.9. The van der Waals surface area contributed by atoms with Gasteiger partial charge in [-0.15, -0.1) is 0 Å². The first kappa shape index (κ1) is 25.9. The fourth-order valence-electron chi connectivity index (χ4n) is 7.61. The van der Waals surface area contributed by atoms with Gasteiger partial charge < -0.3 is 0 Å². The first-order valence-corrected chi connectivity index (χ1v) is 14.7. The molecule has 3 aliphatic rings. The molecule has 2 heteroatoms. The van der Waals surface area contributed by atoms with Crippen molar-refractivity contribution >= 4 is 0 Å². The van der Waals surface area contributed by atoms with E-state index in [4.69, 9.17) is 0 Å². The topological polar surface area (TPSA) is 0 Å². The Bertz CT molecular complexity index is 810. The molecule has 0 saturated heterocycles. The molecule has 0 amide bonds. The second kappa shape index (κ2) is 12.7. The van der Waals surface area contributed by atoms with Gasteiger partial charge in [-0.05, 0) is 118 Å². The molecule has 0 aliphatic heterocycles. The number of hydrogen-bond donors (Lipinski definition) is 0. The van der Waals surface area contributed by atoms with Crippen LogP contribution in [0.5, 0.6) is 0 Å². The Balaban J connectivity index is 1.35. The van der Waals surface area contributed by atoms with Crippen LogP contribution < -0.4 is 0 Å². The molecular weight excluding hydrogens is 422 g/mol. The zero-order chi connectivity index (χ0) is 23.9. The van der Waals surface area contributed by atoms with Crippen molar-refractivity contribution in [3.05, 3.63) is 46.5 Å². The third-order valence-corrected chi connectivity index (χ3v) is 9.58. The quantitative estimate of drug-likeness (QED) is 0.236. The standard InChI is InChI=1S/C32H48F2/c1-3-5-7-8-10-12-24-14-18-29-28(20-24)22-30(33)31(32(29)34)27-17-16-25-19-23(11-9-6-4-2)13-15-26(25)21-27/h4,6,22-27H,3,5,7-21H2,1-2H3/b6-4+. The first-order chi connectivity index (χ1) is 16.6. The van der Waals surface area contributed by atoms with Crippen LogP contribution in [-0.4, -0.2) is 0 Å². The maximum atomic E-state index is 15.7. The van der Waals surface area contributed by atoms with Crippen LogP contribution in [0.1, 0.15) is 133 Å². The van der Waals surface area contributed by atoms with Gasteiger partial charge in [0, 0.05) is 5.56 Å². The highest BCUT2D eigenvalue weighted by Crippen LogP contribution is 2.49. The molecule has 0 spiro atoms. The van der Waals surface area contributed by atoms with E-state index < -0.39 is 0 Å². The number of rotatable bonds is 10. The molecule has 0 aromatic heterocycles. The van der Waals surface area contributed by atoms with Gasteiger partial charge in [0.15, 0.2) is 0 Å². The van der Waals surface area contributed by atoms with Gasteiger partial charge in [0.05, 0.1) is 0 Å². The van der Waals surface area contributed by atoms with Crippen molar-refractivity contribution in [1.29, 1.82) is 0 Å². The summed E-state index contributed by atoms with van der Waals surface area (Å²) in [4.78, 5) is 0. The predicted molar refractivity (Wildman–Crippen MR) is 140 cm³/mol. The van der Waals surface area contributed by atoms with Gasteiger partial charge in [-0.3, -0.25) is 0 Å². The van der Waals surface area contributed by atoms with Gasteiger partial charge >= 0.3 is 0 Å². The van der Waals surface area contributed by atoms with Crippen LogP contribution in [0.15, 0.2) is 18.2 Å². The summed E-state index contributed by atoms with van der Waals surface area (Å²) in [6.45, 7) is 4.35. The summed E-state index contributed by atoms with van der Waals surface area (Å²) >= 11 is 0. The van der Waals surface area contributed by atoms with E-state index in [1.165, 1.54) is 70.6 Å². The van der Waals surface area contributed by atoms with Crippen molar-refractivity contribution in [2.75, 3.05) is 0 Å². The van der Waals surface area contributed by atoms with Gasteiger partial charge in [-0.2, -0.15) is 0 Å². The molecule has 0 nitrogen and oxygen atoms in total. The Morgan fingerprint density at radius 2 is 1.68 bits per heavy atom. The number of benzene rings is 1. The molecule has 0 bridgehead atoms. The van der Waals surface area contributed by atoms with Crippen LogP contribution in [0, 0.1) is 35.3 Å². The monoisotopic (exact) mass is 470 g/mol. The molecule has 0 radical (unpaired) electrons. The van der Waals surface area contributed by atoms with Crippen molar-refractivity contribution in [3.63, 3.8) is 0 Å². The average Bonchev–Trinajstić information content (AvgIpc) is 2.84. The lowest BCUT2D eigenvalue weighted by molar-refractivity contribution is 0.113. The van der Waals surface area contributed by atoms with E-state index in [2.05, 4.69) is 26.0 Å². The van der Waals surface area contributed by atoms with E-state index in [9.17, 15) is 0 Å². The molecule has 2 fully saturated rings. The fourth-order valence-corrected chi connectivity index (χ4v) is 7.61. The number of hydrogen-bond acceptors (Lipinski definition) is 0. The first-order valence-electron chi connectivity index (χ1n) is 14.7. The summed E-state index contributed by atoms with van der Waals surface area (Å²) in [5.74, 6) is 2.58. The van der Waals surface area contributed by atoms with E-state index >= 15 is 8.78 Å². The minimum Gasteiger partial charge on any atom is -0.207 e. The lowest BCUT2D eigenvalue weighted by Crippen LogP contribution is -2.31. The van der Waals surface area contributed by atoms with Gasteiger partial charge in [-0.1, -0.05) is 64.0 Å². The molecule has 4 rings (SSSR count). The highest BCUT2D eigenvalue weighted by atomic mass is 19.1. The van der Waals surface area contributed by atoms with E-state index in [1.807, 2.05) is 0 Å². The Kier molecular flexibility index (Phi) is 9.66. The van der Waals surface area contributed by atoms with Gasteiger partial charge in [-0.25, -0.2) is 8.78 Å². The number of halogens is 2. The molecular formula is C32H48F2. The highest BCUT2D eigenvalue weighted by molar-refractivity contribution is 5.39. The maximum absolute atomic E-state index is 15.7. The van der Waals surface area contributed by atoms with Crippen molar-refractivity contribution < 1.29 is 8.78 Å². The Morgan fingerprint density at radius 3 is 2.50 bits per heavy atom.